The molecule has 1 heterocycles. The lowest BCUT2D eigenvalue weighted by molar-refractivity contribution is -0.0327. The second kappa shape index (κ2) is 6.06. The van der Waals surface area contributed by atoms with E-state index < -0.39 is 5.51 Å². The van der Waals surface area contributed by atoms with Crippen LogP contribution in [0.4, 0.5) is 18.9 Å². The molecule has 0 spiro atoms. The van der Waals surface area contributed by atoms with Gasteiger partial charge in [0.15, 0.2) is 0 Å². The Morgan fingerprint density at radius 2 is 2.18 bits per heavy atom. The summed E-state index contributed by atoms with van der Waals surface area (Å²) in [5.41, 5.74) is 2.28. The number of alkyl halides is 3. The van der Waals surface area contributed by atoms with Crippen molar-refractivity contribution in [3.05, 3.63) is 24.0 Å². The number of nitrogens with two attached hydrogens (primary N) is 1. The Bertz CT molecular complexity index is 378. The minimum atomic E-state index is -4.18. The molecule has 0 aromatic carbocycles. The topological polar surface area (TPSA) is 50.9 Å². The highest BCUT2D eigenvalue weighted by atomic mass is 32.2. The largest absolute Gasteiger partial charge is 0.441 e. The first-order valence-corrected chi connectivity index (χ1v) is 5.98. The fraction of sp³-hybridized carbons (Fsp3) is 0.333. The molecule has 0 bridgehead atoms. The highest BCUT2D eigenvalue weighted by molar-refractivity contribution is 8.00. The summed E-state index contributed by atoms with van der Waals surface area (Å²) in [7, 11) is 0. The molecule has 0 saturated carbocycles. The van der Waals surface area contributed by atoms with Crippen LogP contribution in [0.2, 0.25) is 0 Å². The molecule has 0 amide bonds. The molecule has 3 N–H and O–H groups in total. The highest BCUT2D eigenvalue weighted by Crippen LogP contribution is 2.29. The Kier molecular flexibility index (Phi) is 5.01. The van der Waals surface area contributed by atoms with Crippen LogP contribution in [0.1, 0.15) is 5.69 Å². The molecule has 0 saturated heterocycles. The second-order valence-corrected chi connectivity index (χ2v) is 4.62. The number of pyridine rings is 1. The number of aromatic nitrogens is 1. The summed E-state index contributed by atoms with van der Waals surface area (Å²) < 4.78 is 35.5. The maximum absolute atomic E-state index is 11.8. The maximum Gasteiger partial charge on any atom is 0.441 e. The third-order valence-electron chi connectivity index (χ3n) is 1.71. The summed E-state index contributed by atoms with van der Waals surface area (Å²) >= 11 is 4.66. The highest BCUT2D eigenvalue weighted by Gasteiger charge is 2.27. The molecule has 0 fully saturated rings. The van der Waals surface area contributed by atoms with Gasteiger partial charge in [0.2, 0.25) is 0 Å². The maximum atomic E-state index is 11.8. The lowest BCUT2D eigenvalue weighted by atomic mass is 10.3. The first kappa shape index (κ1) is 14.0. The number of halogens is 3. The van der Waals surface area contributed by atoms with Crippen molar-refractivity contribution in [2.75, 3.05) is 17.6 Å². The summed E-state index contributed by atoms with van der Waals surface area (Å²) in [6.07, 6.45) is 1.48. The number of hydrogen-bond donors (Lipinski definition) is 2. The molecule has 1 aromatic heterocycles. The summed E-state index contributed by atoms with van der Waals surface area (Å²) in [5.74, 6) is -0.0550. The standard InChI is InChI=1S/C9H10F3N3S2/c10-9(11,12)17-4-3-14-6-1-2-7(8(13)16)15-5-6/h1-2,5,14H,3-4H2,(H2,13,16). The predicted octanol–water partition coefficient (Wildman–Crippen LogP) is 2.38. The number of thioether (sulfide) groups is 1. The molecule has 0 aliphatic rings. The van der Waals surface area contributed by atoms with E-state index in [1.807, 2.05) is 0 Å². The molecule has 94 valence electrons. The van der Waals surface area contributed by atoms with Gasteiger partial charge in [0, 0.05) is 12.3 Å². The molecular weight excluding hydrogens is 271 g/mol. The molecule has 3 nitrogen and oxygen atoms in total. The molecule has 0 radical (unpaired) electrons. The van der Waals surface area contributed by atoms with Crippen LogP contribution >= 0.6 is 24.0 Å². The summed E-state index contributed by atoms with van der Waals surface area (Å²) in [6.45, 7) is 0.207. The van der Waals surface area contributed by atoms with E-state index in [1.54, 1.807) is 12.1 Å². The van der Waals surface area contributed by atoms with Crippen molar-refractivity contribution in [2.24, 2.45) is 5.73 Å². The summed E-state index contributed by atoms with van der Waals surface area (Å²) in [6, 6.07) is 3.28. The molecule has 8 heteroatoms. The zero-order valence-corrected chi connectivity index (χ0v) is 10.3. The van der Waals surface area contributed by atoms with Crippen LogP contribution in [0.5, 0.6) is 0 Å². The Balaban J connectivity index is 2.35. The lowest BCUT2D eigenvalue weighted by Crippen LogP contribution is -2.12. The van der Waals surface area contributed by atoms with E-state index in [-0.39, 0.29) is 29.0 Å². The number of thiocarbonyl (C=S) groups is 1. The number of hydrogen-bond acceptors (Lipinski definition) is 4. The van der Waals surface area contributed by atoms with Gasteiger partial charge >= 0.3 is 5.51 Å². The molecule has 0 atom stereocenters. The van der Waals surface area contributed by atoms with E-state index in [0.717, 1.165) is 0 Å². The van der Waals surface area contributed by atoms with Crippen LogP contribution in [-0.4, -0.2) is 27.8 Å². The normalized spacial score (nSPS) is 11.2. The summed E-state index contributed by atoms with van der Waals surface area (Å²) in [4.78, 5) is 4.13. The monoisotopic (exact) mass is 281 g/mol. The average molecular weight is 281 g/mol. The Labute approximate surface area is 106 Å². The SMILES string of the molecule is NC(=S)c1ccc(NCCSC(F)(F)F)cn1. The first-order valence-electron chi connectivity index (χ1n) is 4.59. The van der Waals surface area contributed by atoms with Crippen molar-refractivity contribution in [1.82, 2.24) is 4.98 Å². The van der Waals surface area contributed by atoms with Gasteiger partial charge in [-0.15, -0.1) is 0 Å². The van der Waals surface area contributed by atoms with Crippen LogP contribution in [-0.2, 0) is 0 Å². The number of anilines is 1. The van der Waals surface area contributed by atoms with Gasteiger partial charge in [-0.3, -0.25) is 4.98 Å². The van der Waals surface area contributed by atoms with E-state index in [0.29, 0.717) is 11.4 Å². The number of nitrogens with one attached hydrogen (secondary N) is 1. The van der Waals surface area contributed by atoms with Crippen LogP contribution in [0.3, 0.4) is 0 Å². The first-order chi connectivity index (χ1) is 7.88. The van der Waals surface area contributed by atoms with E-state index >= 15 is 0 Å². The third-order valence-corrected chi connectivity index (χ3v) is 2.66. The summed E-state index contributed by atoms with van der Waals surface area (Å²) in [5, 5.41) is 2.82. The van der Waals surface area contributed by atoms with Gasteiger partial charge in [-0.05, 0) is 23.9 Å². The fourth-order valence-electron chi connectivity index (χ4n) is 1.01. The quantitative estimate of drug-likeness (QED) is 0.641. The van der Waals surface area contributed by atoms with Gasteiger partial charge in [-0.1, -0.05) is 12.2 Å². The molecular formula is C9H10F3N3S2. The van der Waals surface area contributed by atoms with Crippen molar-refractivity contribution in [2.45, 2.75) is 5.51 Å². The smallest absolute Gasteiger partial charge is 0.388 e. The van der Waals surface area contributed by atoms with Crippen LogP contribution in [0.15, 0.2) is 18.3 Å². The minimum absolute atomic E-state index is 0.0550. The van der Waals surface area contributed by atoms with Gasteiger partial charge < -0.3 is 11.1 Å². The Morgan fingerprint density at radius 3 is 2.65 bits per heavy atom. The minimum Gasteiger partial charge on any atom is -0.388 e. The van der Waals surface area contributed by atoms with Crippen molar-refractivity contribution in [3.8, 4) is 0 Å². The Hall–Kier alpha value is -1.02. The van der Waals surface area contributed by atoms with E-state index in [2.05, 4.69) is 10.3 Å². The lowest BCUT2D eigenvalue weighted by Gasteiger charge is -2.08. The van der Waals surface area contributed by atoms with E-state index in [1.165, 1.54) is 6.20 Å². The van der Waals surface area contributed by atoms with Crippen LogP contribution in [0, 0.1) is 0 Å². The number of nitrogens with zero attached hydrogens (tertiary/aromatic N) is 1. The van der Waals surface area contributed by atoms with Crippen LogP contribution < -0.4 is 11.1 Å². The van der Waals surface area contributed by atoms with Crippen molar-refractivity contribution in [3.63, 3.8) is 0 Å². The zero-order chi connectivity index (χ0) is 12.9. The van der Waals surface area contributed by atoms with Crippen LogP contribution in [0.25, 0.3) is 0 Å². The molecule has 0 aliphatic carbocycles. The Morgan fingerprint density at radius 1 is 1.47 bits per heavy atom. The van der Waals surface area contributed by atoms with Gasteiger partial charge in [0.05, 0.1) is 17.6 Å². The molecule has 0 unspecified atom stereocenters. The molecule has 1 aromatic rings. The molecule has 17 heavy (non-hydrogen) atoms. The van der Waals surface area contributed by atoms with E-state index in [4.69, 9.17) is 18.0 Å². The molecule has 1 rings (SSSR count). The average Bonchev–Trinajstić information content (AvgIpc) is 2.24. The van der Waals surface area contributed by atoms with Gasteiger partial charge in [0.25, 0.3) is 0 Å². The number of rotatable bonds is 5. The van der Waals surface area contributed by atoms with Crippen molar-refractivity contribution < 1.29 is 13.2 Å². The third kappa shape index (κ3) is 5.73. The van der Waals surface area contributed by atoms with Gasteiger partial charge in [-0.2, -0.15) is 13.2 Å². The van der Waals surface area contributed by atoms with Gasteiger partial charge in [0.1, 0.15) is 4.99 Å². The zero-order valence-electron chi connectivity index (χ0n) is 8.62. The van der Waals surface area contributed by atoms with E-state index in [9.17, 15) is 13.2 Å². The predicted molar refractivity (Wildman–Crippen MR) is 67.1 cm³/mol. The molecule has 0 aliphatic heterocycles. The second-order valence-electron chi connectivity index (χ2n) is 3.02. The van der Waals surface area contributed by atoms with Gasteiger partial charge in [-0.25, -0.2) is 0 Å². The van der Waals surface area contributed by atoms with Crippen molar-refractivity contribution in [1.29, 1.82) is 0 Å². The van der Waals surface area contributed by atoms with Crippen molar-refractivity contribution >= 4 is 34.7 Å². The fourth-order valence-corrected chi connectivity index (χ4v) is 1.56.